The first kappa shape index (κ1) is 13.5. The van der Waals surface area contributed by atoms with Gasteiger partial charge in [-0.1, -0.05) is 23.2 Å². The van der Waals surface area contributed by atoms with Crippen molar-refractivity contribution in [3.8, 4) is 0 Å². The van der Waals surface area contributed by atoms with E-state index >= 15 is 0 Å². The van der Waals surface area contributed by atoms with Crippen LogP contribution in [0, 0.1) is 0 Å². The zero-order chi connectivity index (χ0) is 9.72. The third-order valence-electron chi connectivity index (χ3n) is 1.05. The summed E-state index contributed by atoms with van der Waals surface area (Å²) in [5, 5.41) is -0.501. The Balaban J connectivity index is 4.44. The number of halogens is 6. The molecule has 2 atom stereocenters. The number of hydrogen-bond donors (Lipinski definition) is 0. The summed E-state index contributed by atoms with van der Waals surface area (Å²) in [5.74, 6) is 0.366. The first-order valence-corrected chi connectivity index (χ1v) is 5.69. The van der Waals surface area contributed by atoms with Crippen LogP contribution in [0.2, 0.25) is 0 Å². The Morgan fingerprint density at radius 1 is 0.833 bits per heavy atom. The van der Waals surface area contributed by atoms with Gasteiger partial charge in [-0.05, 0) is 0 Å². The SMILES string of the molecule is ClCC(Cl)/C(Cl)=C(\Cl)C(Cl)CCl. The molecule has 0 radical (unpaired) electrons. The molecule has 0 nitrogen and oxygen atoms in total. The van der Waals surface area contributed by atoms with Crippen molar-refractivity contribution in [2.45, 2.75) is 10.8 Å². The zero-order valence-electron chi connectivity index (χ0n) is 5.84. The maximum atomic E-state index is 5.74. The third kappa shape index (κ3) is 4.13. The molecule has 0 aromatic carbocycles. The molecule has 0 amide bonds. The Hall–Kier alpha value is 1.48. The molecule has 0 aliphatic rings. The number of allylic oxidation sites excluding steroid dienone is 2. The smallest absolute Gasteiger partial charge is 0.0839 e. The Morgan fingerprint density at radius 2 is 1.08 bits per heavy atom. The van der Waals surface area contributed by atoms with Crippen molar-refractivity contribution in [2.24, 2.45) is 0 Å². The maximum absolute atomic E-state index is 5.74. The zero-order valence-corrected chi connectivity index (χ0v) is 10.4. The molecular formula is C6H6Cl6. The average Bonchev–Trinajstić information content (AvgIpc) is 2.12. The van der Waals surface area contributed by atoms with Crippen LogP contribution >= 0.6 is 69.6 Å². The molecule has 0 rings (SSSR count). The number of hydrogen-bond acceptors (Lipinski definition) is 0. The lowest BCUT2D eigenvalue weighted by molar-refractivity contribution is 1.13. The topological polar surface area (TPSA) is 0 Å². The molecule has 0 saturated carbocycles. The second kappa shape index (κ2) is 6.86. The van der Waals surface area contributed by atoms with Gasteiger partial charge in [0.25, 0.3) is 0 Å². The second-order valence-electron chi connectivity index (χ2n) is 1.94. The van der Waals surface area contributed by atoms with Gasteiger partial charge in [0.1, 0.15) is 0 Å². The molecule has 12 heavy (non-hydrogen) atoms. The van der Waals surface area contributed by atoms with E-state index in [1.807, 2.05) is 0 Å². The normalized spacial score (nSPS) is 18.5. The van der Waals surface area contributed by atoms with Gasteiger partial charge in [-0.25, -0.2) is 0 Å². The summed E-state index contributed by atoms with van der Waals surface area (Å²) in [7, 11) is 0. The van der Waals surface area contributed by atoms with Crippen LogP contribution < -0.4 is 0 Å². The molecule has 6 heteroatoms. The molecule has 0 N–H and O–H groups in total. The van der Waals surface area contributed by atoms with Crippen LogP contribution in [0.25, 0.3) is 0 Å². The van der Waals surface area contributed by atoms with Crippen LogP contribution in [0.5, 0.6) is 0 Å². The summed E-state index contributed by atoms with van der Waals surface area (Å²) >= 11 is 33.8. The van der Waals surface area contributed by atoms with Gasteiger partial charge in [0.2, 0.25) is 0 Å². The average molecular weight is 291 g/mol. The van der Waals surface area contributed by atoms with Gasteiger partial charge < -0.3 is 0 Å². The van der Waals surface area contributed by atoms with E-state index in [-0.39, 0.29) is 21.8 Å². The maximum Gasteiger partial charge on any atom is 0.0839 e. The largest absolute Gasteiger partial charge is 0.125 e. The summed E-state index contributed by atoms with van der Waals surface area (Å²) in [6.45, 7) is 0. The van der Waals surface area contributed by atoms with E-state index in [4.69, 9.17) is 69.6 Å². The summed E-state index contributed by atoms with van der Waals surface area (Å²) in [4.78, 5) is 0. The summed E-state index contributed by atoms with van der Waals surface area (Å²) in [5.41, 5.74) is 0. The predicted molar refractivity (Wildman–Crippen MR) is 59.5 cm³/mol. The molecule has 0 aliphatic heterocycles. The van der Waals surface area contributed by atoms with Crippen molar-refractivity contribution in [1.29, 1.82) is 0 Å². The molecule has 0 aliphatic carbocycles. The Morgan fingerprint density at radius 3 is 1.25 bits per heavy atom. The van der Waals surface area contributed by atoms with Gasteiger partial charge >= 0.3 is 0 Å². The van der Waals surface area contributed by atoms with E-state index in [0.29, 0.717) is 0 Å². The molecule has 2 unspecified atom stereocenters. The molecule has 0 aromatic rings. The Labute approximate surface area is 102 Å². The molecule has 0 saturated heterocycles. The number of alkyl halides is 4. The summed E-state index contributed by atoms with van der Waals surface area (Å²) in [6, 6.07) is 0. The van der Waals surface area contributed by atoms with E-state index < -0.39 is 10.8 Å². The monoisotopic (exact) mass is 288 g/mol. The van der Waals surface area contributed by atoms with E-state index in [0.717, 1.165) is 0 Å². The van der Waals surface area contributed by atoms with Gasteiger partial charge in [-0.2, -0.15) is 0 Å². The lowest BCUT2D eigenvalue weighted by Crippen LogP contribution is -2.08. The van der Waals surface area contributed by atoms with Crippen LogP contribution in [0.4, 0.5) is 0 Å². The molecule has 0 fully saturated rings. The molecule has 0 bridgehead atoms. The molecule has 0 aromatic heterocycles. The van der Waals surface area contributed by atoms with Gasteiger partial charge in [0, 0.05) is 11.8 Å². The lowest BCUT2D eigenvalue weighted by atomic mass is 10.3. The highest BCUT2D eigenvalue weighted by Gasteiger charge is 2.17. The number of rotatable bonds is 4. The van der Waals surface area contributed by atoms with Gasteiger partial charge in [-0.3, -0.25) is 0 Å². The van der Waals surface area contributed by atoms with Crippen LogP contribution in [0.1, 0.15) is 0 Å². The van der Waals surface area contributed by atoms with Crippen molar-refractivity contribution in [1.82, 2.24) is 0 Å². The minimum atomic E-state index is -0.509. The highest BCUT2D eigenvalue weighted by Crippen LogP contribution is 2.27. The van der Waals surface area contributed by atoms with E-state index in [9.17, 15) is 0 Å². The van der Waals surface area contributed by atoms with Crippen molar-refractivity contribution in [2.75, 3.05) is 11.8 Å². The first-order chi connectivity index (χ1) is 5.54. The summed E-state index contributed by atoms with van der Waals surface area (Å²) in [6.07, 6.45) is 0. The molecule has 72 valence electrons. The highest BCUT2D eigenvalue weighted by atomic mass is 35.5. The Bertz CT molecular complexity index is 147. The minimum Gasteiger partial charge on any atom is -0.125 e. The van der Waals surface area contributed by atoms with Gasteiger partial charge in [-0.15, -0.1) is 46.4 Å². The standard InChI is InChI=1S/C6H6Cl6/c7-1-3(9)5(11)6(12)4(10)2-8/h3-4H,1-2H2/b6-5+. The van der Waals surface area contributed by atoms with Crippen LogP contribution in [0.15, 0.2) is 10.1 Å². The molecule has 0 heterocycles. The van der Waals surface area contributed by atoms with Crippen molar-refractivity contribution in [3.05, 3.63) is 10.1 Å². The van der Waals surface area contributed by atoms with Crippen LogP contribution in [-0.4, -0.2) is 22.5 Å². The van der Waals surface area contributed by atoms with Gasteiger partial charge in [0.15, 0.2) is 0 Å². The Kier molecular flexibility index (Phi) is 7.71. The highest BCUT2D eigenvalue weighted by molar-refractivity contribution is 6.47. The fourth-order valence-corrected chi connectivity index (χ4v) is 1.67. The van der Waals surface area contributed by atoms with Crippen molar-refractivity contribution < 1.29 is 0 Å². The minimum absolute atomic E-state index is 0.183. The first-order valence-electron chi connectivity index (χ1n) is 2.99. The lowest BCUT2D eigenvalue weighted by Gasteiger charge is -2.09. The fourth-order valence-electron chi connectivity index (χ4n) is 0.435. The van der Waals surface area contributed by atoms with Crippen molar-refractivity contribution in [3.63, 3.8) is 0 Å². The van der Waals surface area contributed by atoms with E-state index in [1.165, 1.54) is 0 Å². The second-order valence-corrected chi connectivity index (χ2v) is 4.42. The van der Waals surface area contributed by atoms with Crippen molar-refractivity contribution >= 4 is 69.6 Å². The molecular weight excluding hydrogens is 285 g/mol. The molecule has 0 spiro atoms. The van der Waals surface area contributed by atoms with Gasteiger partial charge in [0.05, 0.1) is 20.8 Å². The quantitative estimate of drug-likeness (QED) is 0.675. The van der Waals surface area contributed by atoms with Crippen LogP contribution in [-0.2, 0) is 0 Å². The fraction of sp³-hybridized carbons (Fsp3) is 0.667. The summed E-state index contributed by atoms with van der Waals surface area (Å²) < 4.78 is 0. The van der Waals surface area contributed by atoms with E-state index in [2.05, 4.69) is 0 Å². The third-order valence-corrected chi connectivity index (χ3v) is 3.98. The predicted octanol–water partition coefficient (Wildman–Crippen LogP) is 4.37. The van der Waals surface area contributed by atoms with E-state index in [1.54, 1.807) is 0 Å². The van der Waals surface area contributed by atoms with Crippen LogP contribution in [0.3, 0.4) is 0 Å².